The number of thioether (sulfide) groups is 1. The minimum atomic E-state index is -0.945. The van der Waals surface area contributed by atoms with E-state index >= 15 is 0 Å². The molecule has 0 aliphatic rings. The fourth-order valence-corrected chi connectivity index (χ4v) is 1.70. The maximum absolute atomic E-state index is 10.2. The van der Waals surface area contributed by atoms with Gasteiger partial charge in [0.2, 0.25) is 0 Å². The third-order valence-corrected chi connectivity index (χ3v) is 2.58. The summed E-state index contributed by atoms with van der Waals surface area (Å²) in [6, 6.07) is 5.55. The van der Waals surface area contributed by atoms with Crippen LogP contribution in [-0.4, -0.2) is 11.1 Å². The molecule has 0 aliphatic heterocycles. The van der Waals surface area contributed by atoms with Crippen LogP contribution in [0, 0.1) is 6.92 Å². The second kappa shape index (κ2) is 4.72. The molecule has 0 saturated heterocycles. The van der Waals surface area contributed by atoms with Gasteiger partial charge in [0.25, 0.3) is 0 Å². The number of rotatable bonds is 3. The number of hydrogen-bond donors (Lipinski definition) is 2. The Morgan fingerprint density at radius 3 is 2.93 bits per heavy atom. The second-order valence-electron chi connectivity index (χ2n) is 2.78. The Bertz CT molecular complexity index is 374. The number of anilines is 1. The Morgan fingerprint density at radius 2 is 2.29 bits per heavy atom. The molecule has 0 heterocycles. The van der Waals surface area contributed by atoms with Crippen LogP contribution < -0.4 is 5.73 Å². The summed E-state index contributed by atoms with van der Waals surface area (Å²) in [6.45, 7) is 1.95. The lowest BCUT2D eigenvalue weighted by Gasteiger charge is -2.02. The zero-order chi connectivity index (χ0) is 10.6. The topological polar surface area (TPSA) is 63.3 Å². The standard InChI is InChI=1S/C10H11NO2S/c1-7-2-3-8(11)6-9(7)14-5-4-10(12)13/h2-6H,11H2,1H3,(H,12,13). The molecule has 0 aromatic heterocycles. The fraction of sp³-hybridized carbons (Fsp3) is 0.100. The van der Waals surface area contributed by atoms with Gasteiger partial charge in [-0.1, -0.05) is 17.8 Å². The number of aryl methyl sites for hydroxylation is 1. The molecule has 0 spiro atoms. The van der Waals surface area contributed by atoms with Gasteiger partial charge in [0.15, 0.2) is 0 Å². The number of nitrogen functional groups attached to an aromatic ring is 1. The first-order valence-electron chi connectivity index (χ1n) is 4.02. The van der Waals surface area contributed by atoms with E-state index in [1.807, 2.05) is 25.1 Å². The molecule has 0 unspecified atom stereocenters. The highest BCUT2D eigenvalue weighted by Gasteiger charge is 1.97. The number of hydrogen-bond acceptors (Lipinski definition) is 3. The molecule has 0 atom stereocenters. The molecule has 1 aromatic rings. The molecule has 0 saturated carbocycles. The molecule has 1 rings (SSSR count). The van der Waals surface area contributed by atoms with E-state index in [4.69, 9.17) is 10.8 Å². The Morgan fingerprint density at radius 1 is 1.57 bits per heavy atom. The van der Waals surface area contributed by atoms with Crippen LogP contribution >= 0.6 is 11.8 Å². The third kappa shape index (κ3) is 3.14. The van der Waals surface area contributed by atoms with Gasteiger partial charge in [-0.3, -0.25) is 0 Å². The van der Waals surface area contributed by atoms with Crippen molar-refractivity contribution in [1.82, 2.24) is 0 Å². The van der Waals surface area contributed by atoms with Gasteiger partial charge >= 0.3 is 5.97 Å². The smallest absolute Gasteiger partial charge is 0.328 e. The number of carbonyl (C=O) groups is 1. The molecule has 0 fully saturated rings. The summed E-state index contributed by atoms with van der Waals surface area (Å²) in [5.74, 6) is -0.945. The van der Waals surface area contributed by atoms with Crippen LogP contribution in [0.4, 0.5) is 5.69 Å². The van der Waals surface area contributed by atoms with E-state index < -0.39 is 5.97 Å². The molecule has 0 radical (unpaired) electrons. The Balaban J connectivity index is 2.76. The summed E-state index contributed by atoms with van der Waals surface area (Å²) in [5.41, 5.74) is 7.37. The maximum atomic E-state index is 10.2. The minimum absolute atomic E-state index is 0.682. The first-order chi connectivity index (χ1) is 6.59. The Kier molecular flexibility index (Phi) is 3.59. The molecular weight excluding hydrogens is 198 g/mol. The lowest BCUT2D eigenvalue weighted by atomic mass is 10.2. The molecule has 0 aliphatic carbocycles. The summed E-state index contributed by atoms with van der Waals surface area (Å²) < 4.78 is 0. The third-order valence-electron chi connectivity index (χ3n) is 1.62. The van der Waals surface area contributed by atoms with Crippen LogP contribution in [0.25, 0.3) is 0 Å². The SMILES string of the molecule is Cc1ccc(N)cc1SC=CC(=O)O. The van der Waals surface area contributed by atoms with Crippen molar-refractivity contribution >= 4 is 23.4 Å². The first-order valence-corrected chi connectivity index (χ1v) is 4.90. The molecular formula is C10H11NO2S. The van der Waals surface area contributed by atoms with Gasteiger partial charge in [0.05, 0.1) is 0 Å². The Hall–Kier alpha value is -1.42. The summed E-state index contributed by atoms with van der Waals surface area (Å²) in [6.07, 6.45) is 1.10. The van der Waals surface area contributed by atoms with Crippen molar-refractivity contribution in [3.63, 3.8) is 0 Å². The summed E-state index contributed by atoms with van der Waals surface area (Å²) in [7, 11) is 0. The van der Waals surface area contributed by atoms with Gasteiger partial charge in [-0.25, -0.2) is 4.79 Å². The lowest BCUT2D eigenvalue weighted by Crippen LogP contribution is -1.87. The highest BCUT2D eigenvalue weighted by molar-refractivity contribution is 8.02. The van der Waals surface area contributed by atoms with E-state index in [0.29, 0.717) is 5.69 Å². The second-order valence-corrected chi connectivity index (χ2v) is 3.73. The predicted molar refractivity (Wildman–Crippen MR) is 58.2 cm³/mol. The fourth-order valence-electron chi connectivity index (χ4n) is 0.909. The zero-order valence-electron chi connectivity index (χ0n) is 7.73. The number of carboxylic acid groups (broad SMARTS) is 1. The van der Waals surface area contributed by atoms with Crippen LogP contribution in [0.3, 0.4) is 0 Å². The van der Waals surface area contributed by atoms with Crippen LogP contribution in [0.15, 0.2) is 34.6 Å². The quantitative estimate of drug-likeness (QED) is 0.455. The van der Waals surface area contributed by atoms with E-state index in [-0.39, 0.29) is 0 Å². The molecule has 4 heteroatoms. The lowest BCUT2D eigenvalue weighted by molar-refractivity contribution is -0.131. The zero-order valence-corrected chi connectivity index (χ0v) is 8.54. The van der Waals surface area contributed by atoms with Gasteiger partial charge in [-0.2, -0.15) is 0 Å². The van der Waals surface area contributed by atoms with E-state index in [0.717, 1.165) is 16.5 Å². The van der Waals surface area contributed by atoms with E-state index in [1.165, 1.54) is 17.2 Å². The molecule has 3 N–H and O–H groups in total. The van der Waals surface area contributed by atoms with E-state index in [2.05, 4.69) is 0 Å². The first kappa shape index (κ1) is 10.7. The molecule has 14 heavy (non-hydrogen) atoms. The largest absolute Gasteiger partial charge is 0.478 e. The van der Waals surface area contributed by atoms with Crippen molar-refractivity contribution in [2.75, 3.05) is 5.73 Å². The molecule has 1 aromatic carbocycles. The van der Waals surface area contributed by atoms with Crippen molar-refractivity contribution in [2.24, 2.45) is 0 Å². The highest BCUT2D eigenvalue weighted by Crippen LogP contribution is 2.25. The average molecular weight is 209 g/mol. The molecule has 74 valence electrons. The molecule has 3 nitrogen and oxygen atoms in total. The Labute approximate surface area is 86.6 Å². The average Bonchev–Trinajstić information content (AvgIpc) is 2.10. The maximum Gasteiger partial charge on any atom is 0.328 e. The monoisotopic (exact) mass is 209 g/mol. The van der Waals surface area contributed by atoms with Crippen molar-refractivity contribution in [3.05, 3.63) is 35.2 Å². The number of benzene rings is 1. The van der Waals surface area contributed by atoms with Crippen molar-refractivity contribution in [2.45, 2.75) is 11.8 Å². The normalized spacial score (nSPS) is 10.6. The van der Waals surface area contributed by atoms with Crippen LogP contribution in [-0.2, 0) is 4.79 Å². The van der Waals surface area contributed by atoms with Crippen molar-refractivity contribution in [3.8, 4) is 0 Å². The summed E-state index contributed by atoms with van der Waals surface area (Å²) in [4.78, 5) is 11.2. The van der Waals surface area contributed by atoms with Crippen molar-refractivity contribution < 1.29 is 9.90 Å². The van der Waals surface area contributed by atoms with Gasteiger partial charge in [0, 0.05) is 16.7 Å². The van der Waals surface area contributed by atoms with Crippen LogP contribution in [0.5, 0.6) is 0 Å². The van der Waals surface area contributed by atoms with E-state index in [1.54, 1.807) is 0 Å². The highest BCUT2D eigenvalue weighted by atomic mass is 32.2. The van der Waals surface area contributed by atoms with Gasteiger partial charge in [0.1, 0.15) is 0 Å². The molecule has 0 bridgehead atoms. The number of carboxylic acids is 1. The van der Waals surface area contributed by atoms with Gasteiger partial charge in [-0.15, -0.1) is 0 Å². The number of aliphatic carboxylic acids is 1. The van der Waals surface area contributed by atoms with E-state index in [9.17, 15) is 4.79 Å². The van der Waals surface area contributed by atoms with Gasteiger partial charge < -0.3 is 10.8 Å². The van der Waals surface area contributed by atoms with Crippen LogP contribution in [0.2, 0.25) is 0 Å². The minimum Gasteiger partial charge on any atom is -0.478 e. The summed E-state index contributed by atoms with van der Waals surface area (Å²) >= 11 is 1.35. The van der Waals surface area contributed by atoms with Crippen molar-refractivity contribution in [1.29, 1.82) is 0 Å². The van der Waals surface area contributed by atoms with Crippen LogP contribution in [0.1, 0.15) is 5.56 Å². The van der Waals surface area contributed by atoms with Gasteiger partial charge in [-0.05, 0) is 30.0 Å². The number of nitrogens with two attached hydrogens (primary N) is 1. The predicted octanol–water partition coefficient (Wildman–Crippen LogP) is 2.27. The molecule has 0 amide bonds. The summed E-state index contributed by atoms with van der Waals surface area (Å²) in [5, 5.41) is 9.92.